The summed E-state index contributed by atoms with van der Waals surface area (Å²) in [5.74, 6) is 0.0721. The van der Waals surface area contributed by atoms with Gasteiger partial charge in [0.05, 0.1) is 18.7 Å². The predicted octanol–water partition coefficient (Wildman–Crippen LogP) is 0.142. The third-order valence-electron chi connectivity index (χ3n) is 3.76. The van der Waals surface area contributed by atoms with E-state index in [1.165, 1.54) is 7.11 Å². The molecule has 1 saturated heterocycles. The first kappa shape index (κ1) is 17.8. The van der Waals surface area contributed by atoms with Gasteiger partial charge in [0, 0.05) is 19.6 Å². The molecule has 4 N–H and O–H groups in total. The molecule has 1 aromatic rings. The van der Waals surface area contributed by atoms with Crippen molar-refractivity contribution in [2.45, 2.75) is 18.6 Å². The Hall–Kier alpha value is -1.54. The van der Waals surface area contributed by atoms with Crippen LogP contribution < -0.4 is 15.2 Å². The van der Waals surface area contributed by atoms with E-state index in [4.69, 9.17) is 26.8 Å². The Morgan fingerprint density at radius 3 is 2.83 bits per heavy atom. The summed E-state index contributed by atoms with van der Waals surface area (Å²) in [7, 11) is 1.48. The monoisotopic (exact) mass is 344 g/mol. The highest BCUT2D eigenvalue weighted by Crippen LogP contribution is 2.37. The third kappa shape index (κ3) is 4.48. The Kier molecular flexibility index (Phi) is 5.69. The molecular formula is C15H21ClN2O5. The maximum absolute atomic E-state index is 10.8. The Morgan fingerprint density at radius 1 is 1.52 bits per heavy atom. The molecule has 1 aromatic carbocycles. The van der Waals surface area contributed by atoms with Crippen LogP contribution in [-0.4, -0.2) is 60.0 Å². The zero-order chi connectivity index (χ0) is 17.0. The normalized spacial score (nSPS) is 21.4. The quantitative estimate of drug-likeness (QED) is 0.650. The van der Waals surface area contributed by atoms with Crippen LogP contribution in [0.5, 0.6) is 11.5 Å². The van der Waals surface area contributed by atoms with Gasteiger partial charge in [-0.15, -0.1) is 0 Å². The lowest BCUT2D eigenvalue weighted by Crippen LogP contribution is -2.36. The average Bonchev–Trinajstić information content (AvgIpc) is 2.87. The molecule has 0 aromatic heterocycles. The van der Waals surface area contributed by atoms with Crippen LogP contribution in [0.25, 0.3) is 0 Å². The number of amides is 1. The molecule has 0 bridgehead atoms. The Labute approximate surface area is 139 Å². The van der Waals surface area contributed by atoms with Crippen LogP contribution in [0.4, 0.5) is 0 Å². The SMILES string of the molecule is COc1cc(CN2CC[C@](O)(CO)C2)cc(Cl)c1OCC(N)=O. The van der Waals surface area contributed by atoms with Crippen molar-refractivity contribution < 1.29 is 24.5 Å². The van der Waals surface area contributed by atoms with Gasteiger partial charge in [-0.25, -0.2) is 0 Å². The summed E-state index contributed by atoms with van der Waals surface area (Å²) in [4.78, 5) is 12.9. The number of nitrogens with two attached hydrogens (primary N) is 1. The van der Waals surface area contributed by atoms with E-state index in [1.807, 2.05) is 4.90 Å². The van der Waals surface area contributed by atoms with Gasteiger partial charge in [0.2, 0.25) is 0 Å². The maximum Gasteiger partial charge on any atom is 0.255 e. The minimum Gasteiger partial charge on any atom is -0.493 e. The summed E-state index contributed by atoms with van der Waals surface area (Å²) in [6.45, 7) is 1.08. The van der Waals surface area contributed by atoms with E-state index >= 15 is 0 Å². The van der Waals surface area contributed by atoms with Crippen LogP contribution in [0.2, 0.25) is 5.02 Å². The number of aliphatic hydroxyl groups excluding tert-OH is 1. The number of carbonyl (C=O) groups is 1. The molecule has 0 aliphatic carbocycles. The number of carbonyl (C=O) groups excluding carboxylic acids is 1. The Morgan fingerprint density at radius 2 is 2.26 bits per heavy atom. The van der Waals surface area contributed by atoms with Gasteiger partial charge >= 0.3 is 0 Å². The van der Waals surface area contributed by atoms with Gasteiger partial charge in [-0.1, -0.05) is 11.6 Å². The predicted molar refractivity (Wildman–Crippen MR) is 84.6 cm³/mol. The van der Waals surface area contributed by atoms with Crippen molar-refractivity contribution in [3.05, 3.63) is 22.7 Å². The van der Waals surface area contributed by atoms with E-state index in [-0.39, 0.29) is 19.0 Å². The third-order valence-corrected chi connectivity index (χ3v) is 4.04. The Bertz CT molecular complexity index is 583. The van der Waals surface area contributed by atoms with Crippen LogP contribution in [0, 0.1) is 0 Å². The van der Waals surface area contributed by atoms with Gasteiger partial charge in [-0.05, 0) is 24.1 Å². The number of β-amino-alcohol motifs (C(OH)–C–C–N with tert-alkyl or cyclic N) is 1. The number of benzene rings is 1. The van der Waals surface area contributed by atoms with Gasteiger partial charge < -0.3 is 25.4 Å². The lowest BCUT2D eigenvalue weighted by atomic mass is 10.1. The number of likely N-dealkylation sites (tertiary alicyclic amines) is 1. The molecule has 7 nitrogen and oxygen atoms in total. The first-order valence-electron chi connectivity index (χ1n) is 7.20. The fraction of sp³-hybridized carbons (Fsp3) is 0.533. The van der Waals surface area contributed by atoms with Crippen LogP contribution in [-0.2, 0) is 11.3 Å². The van der Waals surface area contributed by atoms with E-state index in [9.17, 15) is 15.0 Å². The summed E-state index contributed by atoms with van der Waals surface area (Å²) >= 11 is 6.20. The molecule has 1 amide bonds. The number of methoxy groups -OCH3 is 1. The highest BCUT2D eigenvalue weighted by Gasteiger charge is 2.35. The minimum atomic E-state index is -1.04. The van der Waals surface area contributed by atoms with Crippen LogP contribution in [0.15, 0.2) is 12.1 Å². The molecule has 1 atom stereocenters. The summed E-state index contributed by atoms with van der Waals surface area (Å²) in [5.41, 5.74) is 4.89. The highest BCUT2D eigenvalue weighted by atomic mass is 35.5. The molecule has 8 heteroatoms. The van der Waals surface area contributed by atoms with Crippen molar-refractivity contribution in [2.75, 3.05) is 33.4 Å². The smallest absolute Gasteiger partial charge is 0.255 e. The van der Waals surface area contributed by atoms with Crippen molar-refractivity contribution in [3.8, 4) is 11.5 Å². The van der Waals surface area contributed by atoms with E-state index < -0.39 is 11.5 Å². The number of ether oxygens (including phenoxy) is 2. The number of aliphatic hydroxyl groups is 2. The number of halogens is 1. The zero-order valence-electron chi connectivity index (χ0n) is 12.9. The second kappa shape index (κ2) is 7.35. The maximum atomic E-state index is 10.8. The van der Waals surface area contributed by atoms with E-state index in [0.29, 0.717) is 36.8 Å². The number of rotatable bonds is 7. The second-order valence-corrected chi connectivity index (χ2v) is 6.11. The van der Waals surface area contributed by atoms with Gasteiger partial charge in [0.25, 0.3) is 5.91 Å². The van der Waals surface area contributed by atoms with Crippen LogP contribution in [0.3, 0.4) is 0 Å². The number of nitrogens with zero attached hydrogens (tertiary/aromatic N) is 1. The summed E-state index contributed by atoms with van der Waals surface area (Å²) < 4.78 is 10.5. The molecule has 1 aliphatic heterocycles. The molecule has 23 heavy (non-hydrogen) atoms. The zero-order valence-corrected chi connectivity index (χ0v) is 13.7. The molecule has 128 valence electrons. The summed E-state index contributed by atoms with van der Waals surface area (Å²) in [6, 6.07) is 3.48. The molecule has 0 spiro atoms. The molecule has 1 aliphatic rings. The number of hydrogen-bond donors (Lipinski definition) is 3. The van der Waals surface area contributed by atoms with Gasteiger partial charge in [0.15, 0.2) is 18.1 Å². The minimum absolute atomic E-state index is 0.256. The lowest BCUT2D eigenvalue weighted by Gasteiger charge is -2.21. The standard InChI is InChI=1S/C15H21ClN2O5/c1-22-12-5-10(4-11(16)14(12)23-7-13(17)20)6-18-3-2-15(21,8-18)9-19/h4-5,19,21H,2-3,6-9H2,1H3,(H2,17,20)/t15-/m1/s1. The molecule has 2 rings (SSSR count). The summed E-state index contributed by atoms with van der Waals surface area (Å²) in [6.07, 6.45) is 0.522. The fourth-order valence-electron chi connectivity index (χ4n) is 2.61. The average molecular weight is 345 g/mol. The van der Waals surface area contributed by atoms with Crippen molar-refractivity contribution in [1.82, 2.24) is 4.90 Å². The van der Waals surface area contributed by atoms with Crippen molar-refractivity contribution in [2.24, 2.45) is 5.73 Å². The first-order valence-corrected chi connectivity index (χ1v) is 7.58. The summed E-state index contributed by atoms with van der Waals surface area (Å²) in [5, 5.41) is 19.6. The Balaban J connectivity index is 2.12. The van der Waals surface area contributed by atoms with Crippen LogP contribution >= 0.6 is 11.6 Å². The molecule has 0 saturated carbocycles. The van der Waals surface area contributed by atoms with Crippen molar-refractivity contribution in [3.63, 3.8) is 0 Å². The molecular weight excluding hydrogens is 324 g/mol. The second-order valence-electron chi connectivity index (χ2n) is 5.71. The van der Waals surface area contributed by atoms with Crippen molar-refractivity contribution >= 4 is 17.5 Å². The molecule has 0 unspecified atom stereocenters. The van der Waals surface area contributed by atoms with E-state index in [1.54, 1.807) is 12.1 Å². The van der Waals surface area contributed by atoms with Gasteiger partial charge in [0.1, 0.15) is 5.60 Å². The molecule has 1 fully saturated rings. The number of primary amides is 1. The van der Waals surface area contributed by atoms with Crippen molar-refractivity contribution in [1.29, 1.82) is 0 Å². The van der Waals surface area contributed by atoms with E-state index in [2.05, 4.69) is 0 Å². The molecule has 0 radical (unpaired) electrons. The molecule has 1 heterocycles. The highest BCUT2D eigenvalue weighted by molar-refractivity contribution is 6.32. The topological polar surface area (TPSA) is 105 Å². The van der Waals surface area contributed by atoms with E-state index in [0.717, 1.165) is 5.56 Å². The first-order chi connectivity index (χ1) is 10.9. The lowest BCUT2D eigenvalue weighted by molar-refractivity contribution is -0.119. The van der Waals surface area contributed by atoms with Gasteiger partial charge in [-0.3, -0.25) is 9.69 Å². The van der Waals surface area contributed by atoms with Gasteiger partial charge in [-0.2, -0.15) is 0 Å². The number of hydrogen-bond acceptors (Lipinski definition) is 6. The largest absolute Gasteiger partial charge is 0.493 e. The van der Waals surface area contributed by atoms with Crippen LogP contribution in [0.1, 0.15) is 12.0 Å². The fourth-order valence-corrected chi connectivity index (χ4v) is 2.90.